The van der Waals surface area contributed by atoms with Crippen LogP contribution in [0.4, 0.5) is 15.8 Å². The molecule has 0 atom stereocenters. The van der Waals surface area contributed by atoms with E-state index in [2.05, 4.69) is 10.4 Å². The van der Waals surface area contributed by atoms with Gasteiger partial charge in [-0.1, -0.05) is 0 Å². The third kappa shape index (κ3) is 2.42. The summed E-state index contributed by atoms with van der Waals surface area (Å²) in [5.41, 5.74) is 7.37. The van der Waals surface area contributed by atoms with Crippen LogP contribution < -0.4 is 15.8 Å². The van der Waals surface area contributed by atoms with Crippen LogP contribution in [0.25, 0.3) is 0 Å². The first-order chi connectivity index (χ1) is 9.43. The number of nitrogens with two attached hydrogens (primary N) is 1. The van der Waals surface area contributed by atoms with Crippen molar-refractivity contribution in [1.29, 1.82) is 0 Å². The molecule has 7 heteroatoms. The molecule has 1 amide bonds. The summed E-state index contributed by atoms with van der Waals surface area (Å²) >= 11 is 0. The number of carbonyl (C=O) groups is 1. The minimum absolute atomic E-state index is 0.0527. The fourth-order valence-corrected chi connectivity index (χ4v) is 1.87. The largest absolute Gasteiger partial charge is 0.494 e. The van der Waals surface area contributed by atoms with Gasteiger partial charge in [-0.25, -0.2) is 4.39 Å². The predicted octanol–water partition coefficient (Wildman–Crippen LogP) is 1.71. The molecule has 2 rings (SSSR count). The van der Waals surface area contributed by atoms with Gasteiger partial charge in [-0.3, -0.25) is 9.48 Å². The van der Waals surface area contributed by atoms with E-state index in [1.807, 2.05) is 0 Å². The van der Waals surface area contributed by atoms with Crippen molar-refractivity contribution in [2.75, 3.05) is 18.2 Å². The number of aryl methyl sites for hydroxylation is 2. The van der Waals surface area contributed by atoms with Crippen LogP contribution in [0.5, 0.6) is 5.75 Å². The molecule has 0 saturated heterocycles. The van der Waals surface area contributed by atoms with Gasteiger partial charge in [0.05, 0.1) is 18.5 Å². The van der Waals surface area contributed by atoms with Crippen molar-refractivity contribution in [1.82, 2.24) is 9.78 Å². The summed E-state index contributed by atoms with van der Waals surface area (Å²) in [6.45, 7) is 1.72. The SMILES string of the molecule is COc1cc(NC(=O)c2c(N)c(C)nn2C)ccc1F. The third-order valence-electron chi connectivity index (χ3n) is 2.89. The highest BCUT2D eigenvalue weighted by atomic mass is 19.1. The van der Waals surface area contributed by atoms with Gasteiger partial charge < -0.3 is 15.8 Å². The smallest absolute Gasteiger partial charge is 0.276 e. The van der Waals surface area contributed by atoms with E-state index in [4.69, 9.17) is 10.5 Å². The molecule has 106 valence electrons. The zero-order chi connectivity index (χ0) is 14.9. The number of hydrogen-bond donors (Lipinski definition) is 2. The lowest BCUT2D eigenvalue weighted by molar-refractivity contribution is 0.101. The first-order valence-corrected chi connectivity index (χ1v) is 5.88. The highest BCUT2D eigenvalue weighted by molar-refractivity contribution is 6.06. The van der Waals surface area contributed by atoms with Crippen molar-refractivity contribution in [3.05, 3.63) is 35.4 Å². The predicted molar refractivity (Wildman–Crippen MR) is 73.3 cm³/mol. The molecule has 0 aliphatic heterocycles. The number of nitrogens with zero attached hydrogens (tertiary/aromatic N) is 2. The maximum absolute atomic E-state index is 13.3. The summed E-state index contributed by atoms with van der Waals surface area (Å²) in [6, 6.07) is 4.05. The number of hydrogen-bond acceptors (Lipinski definition) is 4. The van der Waals surface area contributed by atoms with Crippen molar-refractivity contribution >= 4 is 17.3 Å². The summed E-state index contributed by atoms with van der Waals surface area (Å²) in [6.07, 6.45) is 0. The molecule has 0 saturated carbocycles. The van der Waals surface area contributed by atoms with Gasteiger partial charge in [0.1, 0.15) is 5.69 Å². The number of benzene rings is 1. The van der Waals surface area contributed by atoms with Crippen LogP contribution in [0, 0.1) is 12.7 Å². The number of amides is 1. The molecule has 0 aliphatic carbocycles. The van der Waals surface area contributed by atoms with E-state index in [0.29, 0.717) is 17.1 Å². The number of methoxy groups -OCH3 is 1. The summed E-state index contributed by atoms with van der Waals surface area (Å²) in [7, 11) is 2.98. The molecule has 0 bridgehead atoms. The second kappa shape index (κ2) is 5.20. The molecule has 0 unspecified atom stereocenters. The van der Waals surface area contributed by atoms with E-state index in [1.165, 1.54) is 30.0 Å². The number of nitrogens with one attached hydrogen (secondary N) is 1. The highest BCUT2D eigenvalue weighted by Crippen LogP contribution is 2.23. The minimum atomic E-state index is -0.499. The Balaban J connectivity index is 2.28. The van der Waals surface area contributed by atoms with Gasteiger partial charge >= 0.3 is 0 Å². The number of aromatic nitrogens is 2. The van der Waals surface area contributed by atoms with Crippen LogP contribution >= 0.6 is 0 Å². The van der Waals surface area contributed by atoms with Crippen LogP contribution in [0.15, 0.2) is 18.2 Å². The lowest BCUT2D eigenvalue weighted by atomic mass is 10.2. The Bertz CT molecular complexity index is 667. The van der Waals surface area contributed by atoms with Gasteiger partial charge in [0.15, 0.2) is 11.6 Å². The zero-order valence-corrected chi connectivity index (χ0v) is 11.4. The van der Waals surface area contributed by atoms with Crippen LogP contribution in [-0.4, -0.2) is 22.8 Å². The number of nitrogen functional groups attached to an aromatic ring is 1. The Hall–Kier alpha value is -2.57. The molecule has 1 aromatic heterocycles. The Labute approximate surface area is 115 Å². The summed E-state index contributed by atoms with van der Waals surface area (Å²) < 4.78 is 19.5. The molecular weight excluding hydrogens is 263 g/mol. The van der Waals surface area contributed by atoms with Crippen molar-refractivity contribution in [2.45, 2.75) is 6.92 Å². The van der Waals surface area contributed by atoms with Gasteiger partial charge in [-0.2, -0.15) is 5.10 Å². The van der Waals surface area contributed by atoms with Crippen molar-refractivity contribution < 1.29 is 13.9 Å². The van der Waals surface area contributed by atoms with Crippen molar-refractivity contribution in [3.63, 3.8) is 0 Å². The molecule has 0 radical (unpaired) electrons. The highest BCUT2D eigenvalue weighted by Gasteiger charge is 2.18. The van der Waals surface area contributed by atoms with Crippen LogP contribution in [0.1, 0.15) is 16.2 Å². The third-order valence-corrected chi connectivity index (χ3v) is 2.89. The van der Waals surface area contributed by atoms with Gasteiger partial charge in [0.25, 0.3) is 5.91 Å². The van der Waals surface area contributed by atoms with Gasteiger partial charge in [0.2, 0.25) is 0 Å². The van der Waals surface area contributed by atoms with Crippen molar-refractivity contribution in [2.24, 2.45) is 7.05 Å². The molecule has 1 aromatic carbocycles. The second-order valence-corrected chi connectivity index (χ2v) is 4.27. The van der Waals surface area contributed by atoms with E-state index in [9.17, 15) is 9.18 Å². The summed E-state index contributed by atoms with van der Waals surface area (Å²) in [5.74, 6) is -0.863. The van der Waals surface area contributed by atoms with Crippen LogP contribution in [-0.2, 0) is 7.05 Å². The second-order valence-electron chi connectivity index (χ2n) is 4.27. The standard InChI is InChI=1S/C13H15FN4O2/c1-7-11(15)12(18(2)17-7)13(19)16-8-4-5-9(14)10(6-8)20-3/h4-6H,15H2,1-3H3,(H,16,19). The first kappa shape index (κ1) is 13.9. The number of carbonyl (C=O) groups excluding carboxylic acids is 1. The number of rotatable bonds is 3. The molecule has 6 nitrogen and oxygen atoms in total. The lowest BCUT2D eigenvalue weighted by Crippen LogP contribution is -2.17. The summed E-state index contributed by atoms with van der Waals surface area (Å²) in [4.78, 5) is 12.2. The zero-order valence-electron chi connectivity index (χ0n) is 11.4. The monoisotopic (exact) mass is 278 g/mol. The molecule has 2 aromatic rings. The van der Waals surface area contributed by atoms with Crippen LogP contribution in [0.3, 0.4) is 0 Å². The van der Waals surface area contributed by atoms with E-state index in [0.717, 1.165) is 0 Å². The average molecular weight is 278 g/mol. The minimum Gasteiger partial charge on any atom is -0.494 e. The van der Waals surface area contributed by atoms with E-state index >= 15 is 0 Å². The first-order valence-electron chi connectivity index (χ1n) is 5.88. The molecular formula is C13H15FN4O2. The Kier molecular flexibility index (Phi) is 3.60. The van der Waals surface area contributed by atoms with Crippen LogP contribution in [0.2, 0.25) is 0 Å². The number of ether oxygens (including phenoxy) is 1. The molecule has 20 heavy (non-hydrogen) atoms. The summed E-state index contributed by atoms with van der Waals surface area (Å²) in [5, 5.41) is 6.70. The van der Waals surface area contributed by atoms with E-state index in [-0.39, 0.29) is 11.4 Å². The van der Waals surface area contributed by atoms with Gasteiger partial charge in [0, 0.05) is 18.8 Å². The molecule has 3 N–H and O–H groups in total. The van der Waals surface area contributed by atoms with Gasteiger partial charge in [-0.05, 0) is 19.1 Å². The Morgan fingerprint density at radius 3 is 2.75 bits per heavy atom. The fourth-order valence-electron chi connectivity index (χ4n) is 1.87. The molecule has 0 fully saturated rings. The molecule has 0 spiro atoms. The topological polar surface area (TPSA) is 82.2 Å². The average Bonchev–Trinajstić information content (AvgIpc) is 2.65. The Morgan fingerprint density at radius 2 is 2.20 bits per heavy atom. The van der Waals surface area contributed by atoms with E-state index in [1.54, 1.807) is 14.0 Å². The normalized spacial score (nSPS) is 10.4. The van der Waals surface area contributed by atoms with E-state index < -0.39 is 11.7 Å². The van der Waals surface area contributed by atoms with Gasteiger partial charge in [-0.15, -0.1) is 0 Å². The van der Waals surface area contributed by atoms with Crippen molar-refractivity contribution in [3.8, 4) is 5.75 Å². The number of anilines is 2. The number of halogens is 1. The lowest BCUT2D eigenvalue weighted by Gasteiger charge is -2.08. The quantitative estimate of drug-likeness (QED) is 0.895. The maximum atomic E-state index is 13.3. The molecule has 1 heterocycles. The molecule has 0 aliphatic rings. The fraction of sp³-hybridized carbons (Fsp3) is 0.231. The Morgan fingerprint density at radius 1 is 1.50 bits per heavy atom. The maximum Gasteiger partial charge on any atom is 0.276 e.